The second-order valence-electron chi connectivity index (χ2n) is 11.3. The highest BCUT2D eigenvalue weighted by Crippen LogP contribution is 2.66. The highest BCUT2D eigenvalue weighted by Gasteiger charge is 2.60. The molecule has 7 atom stereocenters. The number of allylic oxidation sites excluding steroid dienone is 1. The largest absolute Gasteiger partial charge is 0.469 e. The van der Waals surface area contributed by atoms with E-state index in [0.717, 1.165) is 57.0 Å². The Morgan fingerprint density at radius 3 is 2.65 bits per heavy atom. The van der Waals surface area contributed by atoms with Crippen LogP contribution in [0.5, 0.6) is 0 Å². The van der Waals surface area contributed by atoms with Crippen molar-refractivity contribution in [2.24, 2.45) is 34.5 Å². The van der Waals surface area contributed by atoms with E-state index in [-0.39, 0.29) is 17.3 Å². The molecule has 0 aromatic heterocycles. The van der Waals surface area contributed by atoms with E-state index < -0.39 is 0 Å². The standard InChI is InChI=1S/C27H44O4/c1-26-14-12-20(31-17-7-5-4-6-16-28)18-19(26)8-9-21-22-10-11-24(25(29)30-3)27(22,2)15-13-23(21)26/h8,20-24,28H,4-7,9-18H2,1-3H3/t20-,21?,22?,23?,24+,26-,27-/m0/s1. The van der Waals surface area contributed by atoms with Gasteiger partial charge in [-0.2, -0.15) is 0 Å². The predicted octanol–water partition coefficient (Wildman–Crippen LogP) is 5.68. The monoisotopic (exact) mass is 432 g/mol. The van der Waals surface area contributed by atoms with Crippen LogP contribution in [-0.2, 0) is 14.3 Å². The first-order valence-electron chi connectivity index (χ1n) is 12.9. The smallest absolute Gasteiger partial charge is 0.309 e. The van der Waals surface area contributed by atoms with E-state index in [1.807, 2.05) is 0 Å². The molecule has 0 radical (unpaired) electrons. The molecule has 0 aromatic carbocycles. The van der Waals surface area contributed by atoms with Gasteiger partial charge in [0.25, 0.3) is 0 Å². The molecule has 0 amide bonds. The maximum absolute atomic E-state index is 12.5. The number of rotatable bonds is 8. The van der Waals surface area contributed by atoms with E-state index in [0.29, 0.717) is 24.0 Å². The van der Waals surface area contributed by atoms with Crippen LogP contribution in [0.4, 0.5) is 0 Å². The Bertz CT molecular complexity index is 672. The Labute approximate surface area is 189 Å². The molecule has 0 saturated heterocycles. The summed E-state index contributed by atoms with van der Waals surface area (Å²) >= 11 is 0. The number of ether oxygens (including phenoxy) is 2. The van der Waals surface area contributed by atoms with E-state index in [2.05, 4.69) is 19.9 Å². The highest BCUT2D eigenvalue weighted by molar-refractivity contribution is 5.73. The summed E-state index contributed by atoms with van der Waals surface area (Å²) in [6, 6.07) is 0. The van der Waals surface area contributed by atoms with Gasteiger partial charge in [-0.1, -0.05) is 38.3 Å². The van der Waals surface area contributed by atoms with Crippen LogP contribution in [-0.4, -0.2) is 37.5 Å². The lowest BCUT2D eigenvalue weighted by atomic mass is 9.47. The molecule has 0 aromatic rings. The van der Waals surface area contributed by atoms with Gasteiger partial charge in [0.15, 0.2) is 0 Å². The highest BCUT2D eigenvalue weighted by atomic mass is 16.5. The summed E-state index contributed by atoms with van der Waals surface area (Å²) in [6.45, 7) is 6.09. The molecule has 4 aliphatic carbocycles. The molecule has 4 aliphatic rings. The lowest BCUT2D eigenvalue weighted by Crippen LogP contribution is -2.51. The van der Waals surface area contributed by atoms with Gasteiger partial charge >= 0.3 is 5.97 Å². The molecule has 3 saturated carbocycles. The lowest BCUT2D eigenvalue weighted by Gasteiger charge is -2.58. The van der Waals surface area contributed by atoms with Crippen LogP contribution in [0, 0.1) is 34.5 Å². The molecular formula is C27H44O4. The van der Waals surface area contributed by atoms with E-state index in [4.69, 9.17) is 14.6 Å². The van der Waals surface area contributed by atoms with Crippen molar-refractivity contribution in [1.82, 2.24) is 0 Å². The zero-order valence-electron chi connectivity index (χ0n) is 20.0. The summed E-state index contributed by atoms with van der Waals surface area (Å²) in [5.41, 5.74) is 2.12. The average molecular weight is 433 g/mol. The Morgan fingerprint density at radius 2 is 1.87 bits per heavy atom. The number of unbranched alkanes of at least 4 members (excludes halogenated alkanes) is 3. The third kappa shape index (κ3) is 4.24. The van der Waals surface area contributed by atoms with E-state index >= 15 is 0 Å². The van der Waals surface area contributed by atoms with Crippen molar-refractivity contribution < 1.29 is 19.4 Å². The van der Waals surface area contributed by atoms with Crippen LogP contribution in [0.15, 0.2) is 11.6 Å². The number of carbonyl (C=O) groups excluding carboxylic acids is 1. The van der Waals surface area contributed by atoms with Gasteiger partial charge in [0, 0.05) is 13.2 Å². The molecule has 0 spiro atoms. The lowest BCUT2D eigenvalue weighted by molar-refractivity contribution is -0.152. The van der Waals surface area contributed by atoms with Crippen molar-refractivity contribution in [3.63, 3.8) is 0 Å². The van der Waals surface area contributed by atoms with Crippen LogP contribution in [0.2, 0.25) is 0 Å². The third-order valence-electron chi connectivity index (χ3n) is 9.95. The third-order valence-corrected chi connectivity index (χ3v) is 9.95. The van der Waals surface area contributed by atoms with Gasteiger partial charge in [0.2, 0.25) is 0 Å². The second-order valence-corrected chi connectivity index (χ2v) is 11.3. The van der Waals surface area contributed by atoms with Crippen LogP contribution in [0.3, 0.4) is 0 Å². The van der Waals surface area contributed by atoms with Crippen molar-refractivity contribution in [3.05, 3.63) is 11.6 Å². The van der Waals surface area contributed by atoms with Crippen molar-refractivity contribution in [1.29, 1.82) is 0 Å². The topological polar surface area (TPSA) is 55.8 Å². The summed E-state index contributed by atoms with van der Waals surface area (Å²) in [6.07, 6.45) is 16.6. The van der Waals surface area contributed by atoms with Crippen LogP contribution in [0.1, 0.15) is 90.9 Å². The summed E-state index contributed by atoms with van der Waals surface area (Å²) in [7, 11) is 1.55. The van der Waals surface area contributed by atoms with Crippen molar-refractivity contribution in [2.45, 2.75) is 97.0 Å². The molecule has 1 N–H and O–H groups in total. The average Bonchev–Trinajstić information content (AvgIpc) is 3.13. The quantitative estimate of drug-likeness (QED) is 0.305. The van der Waals surface area contributed by atoms with E-state index in [9.17, 15) is 4.79 Å². The Hall–Kier alpha value is -0.870. The van der Waals surface area contributed by atoms with Gasteiger partial charge in [0.05, 0.1) is 19.1 Å². The van der Waals surface area contributed by atoms with Crippen molar-refractivity contribution in [3.8, 4) is 0 Å². The Morgan fingerprint density at radius 1 is 1.06 bits per heavy atom. The van der Waals surface area contributed by atoms with Gasteiger partial charge in [-0.05, 0) is 92.8 Å². The summed E-state index contributed by atoms with van der Waals surface area (Å²) in [4.78, 5) is 12.5. The van der Waals surface area contributed by atoms with Crippen LogP contribution >= 0.6 is 0 Å². The van der Waals surface area contributed by atoms with Gasteiger partial charge in [-0.3, -0.25) is 4.79 Å². The number of fused-ring (bicyclic) bond motifs is 5. The molecular weight excluding hydrogens is 388 g/mol. The maximum Gasteiger partial charge on any atom is 0.309 e. The van der Waals surface area contributed by atoms with Crippen molar-refractivity contribution >= 4 is 5.97 Å². The minimum atomic E-state index is 0.0238. The number of carbonyl (C=O) groups is 1. The first-order valence-corrected chi connectivity index (χ1v) is 12.9. The number of hydrogen-bond donors (Lipinski definition) is 1. The van der Waals surface area contributed by atoms with E-state index in [1.165, 1.54) is 38.5 Å². The van der Waals surface area contributed by atoms with E-state index in [1.54, 1.807) is 12.7 Å². The predicted molar refractivity (Wildman–Crippen MR) is 123 cm³/mol. The van der Waals surface area contributed by atoms with Crippen molar-refractivity contribution in [2.75, 3.05) is 20.3 Å². The molecule has 176 valence electrons. The summed E-state index contributed by atoms with van der Waals surface area (Å²) in [5, 5.41) is 8.90. The maximum atomic E-state index is 12.5. The molecule has 31 heavy (non-hydrogen) atoms. The fourth-order valence-corrected chi connectivity index (χ4v) is 8.12. The molecule has 0 bridgehead atoms. The first kappa shape index (κ1) is 23.3. The molecule has 3 unspecified atom stereocenters. The number of aliphatic hydroxyl groups is 1. The minimum absolute atomic E-state index is 0.0238. The molecule has 3 fully saturated rings. The van der Waals surface area contributed by atoms with Crippen LogP contribution < -0.4 is 0 Å². The minimum Gasteiger partial charge on any atom is -0.469 e. The fraction of sp³-hybridized carbons (Fsp3) is 0.889. The SMILES string of the molecule is COC(=O)[C@H]1CCC2C3CC=C4C[C@@H](OCCCCCCO)CC[C@]4(C)C3CC[C@@]21C. The number of esters is 1. The van der Waals surface area contributed by atoms with Gasteiger partial charge in [-0.25, -0.2) is 0 Å². The molecule has 0 heterocycles. The molecule has 0 aliphatic heterocycles. The second kappa shape index (κ2) is 9.55. The molecule has 4 nitrogen and oxygen atoms in total. The number of methoxy groups -OCH3 is 1. The fourth-order valence-electron chi connectivity index (χ4n) is 8.12. The molecule has 4 rings (SSSR count). The number of hydrogen-bond acceptors (Lipinski definition) is 4. The van der Waals surface area contributed by atoms with Gasteiger partial charge in [0.1, 0.15) is 0 Å². The van der Waals surface area contributed by atoms with Crippen LogP contribution in [0.25, 0.3) is 0 Å². The summed E-state index contributed by atoms with van der Waals surface area (Å²) in [5.74, 6) is 2.28. The molecule has 4 heteroatoms. The zero-order valence-corrected chi connectivity index (χ0v) is 20.0. The zero-order chi connectivity index (χ0) is 22.1. The van der Waals surface area contributed by atoms with Gasteiger partial charge in [-0.15, -0.1) is 0 Å². The first-order chi connectivity index (χ1) is 14.9. The Kier molecular flexibility index (Phi) is 7.18. The Balaban J connectivity index is 1.38. The summed E-state index contributed by atoms with van der Waals surface area (Å²) < 4.78 is 11.5. The van der Waals surface area contributed by atoms with Gasteiger partial charge < -0.3 is 14.6 Å². The normalized spacial score (nSPS) is 41.7. The number of aliphatic hydroxyl groups excluding tert-OH is 1.